The average molecular weight is 293 g/mol. The summed E-state index contributed by atoms with van der Waals surface area (Å²) in [4.78, 5) is 11.1. The molecule has 2 aromatic rings. The number of anilines is 2. The van der Waals surface area contributed by atoms with Gasteiger partial charge in [-0.3, -0.25) is 5.43 Å². The molecule has 0 spiro atoms. The molecule has 2 heterocycles. The molecule has 0 saturated heterocycles. The van der Waals surface area contributed by atoms with Crippen LogP contribution in [0.1, 0.15) is 44.9 Å². The van der Waals surface area contributed by atoms with Crippen LogP contribution < -0.4 is 16.6 Å². The summed E-state index contributed by atoms with van der Waals surface area (Å²) >= 11 is 1.66. The van der Waals surface area contributed by atoms with Gasteiger partial charge in [-0.05, 0) is 32.3 Å². The lowest BCUT2D eigenvalue weighted by molar-refractivity contribution is 0.419. The number of aryl methyl sites for hydroxylation is 1. The van der Waals surface area contributed by atoms with Crippen LogP contribution >= 0.6 is 11.3 Å². The van der Waals surface area contributed by atoms with Crippen molar-refractivity contribution in [2.45, 2.75) is 52.5 Å². The fourth-order valence-corrected chi connectivity index (χ4v) is 3.35. The van der Waals surface area contributed by atoms with Gasteiger partial charge in [0, 0.05) is 10.4 Å². The third kappa shape index (κ3) is 2.71. The molecule has 0 atom stereocenters. The number of aromatic nitrogens is 2. The Hall–Kier alpha value is -1.40. The Bertz CT molecular complexity index is 580. The minimum atomic E-state index is 0.0724. The molecule has 20 heavy (non-hydrogen) atoms. The highest BCUT2D eigenvalue weighted by Crippen LogP contribution is 2.33. The van der Waals surface area contributed by atoms with E-state index < -0.39 is 0 Å². The van der Waals surface area contributed by atoms with Crippen LogP contribution in [-0.4, -0.2) is 15.5 Å². The third-order valence-corrected chi connectivity index (χ3v) is 5.00. The molecule has 0 aliphatic heterocycles. The number of rotatable bonds is 6. The summed E-state index contributed by atoms with van der Waals surface area (Å²) in [6.07, 6.45) is 3.17. The first-order chi connectivity index (χ1) is 9.57. The Labute approximate surface area is 124 Å². The Kier molecular flexibility index (Phi) is 4.45. The molecule has 0 aliphatic rings. The SMILES string of the molecule is CCC(CC)(CC)Nc1nc(NN)nc2sc(C)cc12. The number of hydrogen-bond donors (Lipinski definition) is 3. The molecule has 0 amide bonds. The number of thiophene rings is 1. The summed E-state index contributed by atoms with van der Waals surface area (Å²) < 4.78 is 0. The van der Waals surface area contributed by atoms with E-state index in [1.54, 1.807) is 11.3 Å². The zero-order valence-corrected chi connectivity index (χ0v) is 13.4. The van der Waals surface area contributed by atoms with E-state index in [9.17, 15) is 0 Å². The maximum atomic E-state index is 5.48. The molecule has 5 nitrogen and oxygen atoms in total. The monoisotopic (exact) mass is 293 g/mol. The van der Waals surface area contributed by atoms with Crippen molar-refractivity contribution in [1.82, 2.24) is 9.97 Å². The van der Waals surface area contributed by atoms with Crippen molar-refractivity contribution in [3.8, 4) is 0 Å². The van der Waals surface area contributed by atoms with Crippen LogP contribution in [0.4, 0.5) is 11.8 Å². The van der Waals surface area contributed by atoms with Gasteiger partial charge in [-0.25, -0.2) is 10.8 Å². The van der Waals surface area contributed by atoms with Gasteiger partial charge in [0.25, 0.3) is 0 Å². The van der Waals surface area contributed by atoms with Crippen molar-refractivity contribution in [1.29, 1.82) is 0 Å². The number of nitrogen functional groups attached to an aromatic ring is 1. The van der Waals surface area contributed by atoms with Crippen molar-refractivity contribution in [3.05, 3.63) is 10.9 Å². The Morgan fingerprint density at radius 3 is 2.40 bits per heavy atom. The number of fused-ring (bicyclic) bond motifs is 1. The van der Waals surface area contributed by atoms with Crippen LogP contribution in [-0.2, 0) is 0 Å². The van der Waals surface area contributed by atoms with Gasteiger partial charge >= 0.3 is 0 Å². The quantitative estimate of drug-likeness (QED) is 0.559. The molecule has 0 fully saturated rings. The van der Waals surface area contributed by atoms with E-state index >= 15 is 0 Å². The summed E-state index contributed by atoms with van der Waals surface area (Å²) in [6.45, 7) is 8.70. The van der Waals surface area contributed by atoms with Gasteiger partial charge < -0.3 is 5.32 Å². The molecule has 0 aliphatic carbocycles. The van der Waals surface area contributed by atoms with Crippen molar-refractivity contribution < 1.29 is 0 Å². The normalized spacial score (nSPS) is 11.8. The highest BCUT2D eigenvalue weighted by Gasteiger charge is 2.25. The molecular weight excluding hydrogens is 270 g/mol. The van der Waals surface area contributed by atoms with Gasteiger partial charge in [-0.15, -0.1) is 11.3 Å². The van der Waals surface area contributed by atoms with Gasteiger partial charge in [0.2, 0.25) is 5.95 Å². The van der Waals surface area contributed by atoms with E-state index in [1.807, 2.05) is 0 Å². The highest BCUT2D eigenvalue weighted by molar-refractivity contribution is 7.18. The summed E-state index contributed by atoms with van der Waals surface area (Å²) in [5.74, 6) is 6.81. The Balaban J connectivity index is 2.51. The van der Waals surface area contributed by atoms with E-state index in [0.717, 1.165) is 35.3 Å². The lowest BCUT2D eigenvalue weighted by Crippen LogP contribution is -2.36. The Morgan fingerprint density at radius 2 is 1.85 bits per heavy atom. The maximum absolute atomic E-state index is 5.48. The van der Waals surface area contributed by atoms with E-state index in [1.165, 1.54) is 4.88 Å². The van der Waals surface area contributed by atoms with Crippen molar-refractivity contribution in [2.75, 3.05) is 10.7 Å². The number of nitrogens with two attached hydrogens (primary N) is 1. The largest absolute Gasteiger partial charge is 0.364 e. The van der Waals surface area contributed by atoms with Crippen LogP contribution in [0.15, 0.2) is 6.07 Å². The second kappa shape index (κ2) is 5.93. The lowest BCUT2D eigenvalue weighted by atomic mass is 9.90. The number of hydrazine groups is 1. The third-order valence-electron chi connectivity index (χ3n) is 4.06. The smallest absolute Gasteiger partial charge is 0.240 e. The first kappa shape index (κ1) is 15.0. The van der Waals surface area contributed by atoms with Crippen LogP contribution in [0.25, 0.3) is 10.2 Å². The summed E-state index contributed by atoms with van der Waals surface area (Å²) in [7, 11) is 0. The predicted octanol–water partition coefficient (Wildman–Crippen LogP) is 3.67. The second-order valence-electron chi connectivity index (χ2n) is 5.08. The van der Waals surface area contributed by atoms with E-state index in [2.05, 4.69) is 54.5 Å². The molecular formula is C14H23N5S. The van der Waals surface area contributed by atoms with Gasteiger partial charge in [0.05, 0.1) is 5.39 Å². The molecule has 0 saturated carbocycles. The molecule has 2 aromatic heterocycles. The van der Waals surface area contributed by atoms with Crippen molar-refractivity contribution >= 4 is 33.3 Å². The topological polar surface area (TPSA) is 75.9 Å². The van der Waals surface area contributed by atoms with Crippen LogP contribution in [0.2, 0.25) is 0 Å². The molecule has 4 N–H and O–H groups in total. The first-order valence-corrected chi connectivity index (χ1v) is 7.92. The molecule has 110 valence electrons. The zero-order chi connectivity index (χ0) is 14.8. The fourth-order valence-electron chi connectivity index (χ4n) is 2.47. The lowest BCUT2D eigenvalue weighted by Gasteiger charge is -2.32. The van der Waals surface area contributed by atoms with Gasteiger partial charge in [-0.2, -0.15) is 4.98 Å². The van der Waals surface area contributed by atoms with E-state index in [4.69, 9.17) is 5.84 Å². The van der Waals surface area contributed by atoms with Gasteiger partial charge in [0.15, 0.2) is 0 Å². The van der Waals surface area contributed by atoms with Gasteiger partial charge in [-0.1, -0.05) is 20.8 Å². The van der Waals surface area contributed by atoms with Crippen molar-refractivity contribution in [2.24, 2.45) is 5.84 Å². The van der Waals surface area contributed by atoms with Crippen LogP contribution in [0.5, 0.6) is 0 Å². The molecule has 6 heteroatoms. The number of nitrogens with one attached hydrogen (secondary N) is 2. The maximum Gasteiger partial charge on any atom is 0.240 e. The number of hydrogen-bond acceptors (Lipinski definition) is 6. The van der Waals surface area contributed by atoms with E-state index in [-0.39, 0.29) is 5.54 Å². The zero-order valence-electron chi connectivity index (χ0n) is 12.6. The van der Waals surface area contributed by atoms with E-state index in [0.29, 0.717) is 5.95 Å². The van der Waals surface area contributed by atoms with Crippen LogP contribution in [0, 0.1) is 6.92 Å². The van der Waals surface area contributed by atoms with Crippen molar-refractivity contribution in [3.63, 3.8) is 0 Å². The standard InChI is InChI=1S/C14H23N5S/c1-5-14(6-2,7-3)18-11-10-8-9(4)20-12(10)17-13(16-11)19-15/h8H,5-7,15H2,1-4H3,(H2,16,17,18,19). The minimum absolute atomic E-state index is 0.0724. The second-order valence-corrected chi connectivity index (χ2v) is 6.32. The van der Waals surface area contributed by atoms with Gasteiger partial charge in [0.1, 0.15) is 10.6 Å². The summed E-state index contributed by atoms with van der Waals surface area (Å²) in [6, 6.07) is 2.13. The molecule has 0 bridgehead atoms. The predicted molar refractivity (Wildman–Crippen MR) is 87.2 cm³/mol. The van der Waals surface area contributed by atoms with Crippen LogP contribution in [0.3, 0.4) is 0 Å². The Morgan fingerprint density at radius 1 is 1.20 bits per heavy atom. The molecule has 2 rings (SSSR count). The molecule has 0 unspecified atom stereocenters. The number of nitrogens with zero attached hydrogens (tertiary/aromatic N) is 2. The first-order valence-electron chi connectivity index (χ1n) is 7.10. The molecule has 0 radical (unpaired) electrons. The molecule has 0 aromatic carbocycles. The fraction of sp³-hybridized carbons (Fsp3) is 0.571. The minimum Gasteiger partial charge on any atom is -0.364 e. The average Bonchev–Trinajstić information content (AvgIpc) is 2.85. The summed E-state index contributed by atoms with van der Waals surface area (Å²) in [5, 5.41) is 4.71. The summed E-state index contributed by atoms with van der Waals surface area (Å²) in [5.41, 5.74) is 2.63. The highest BCUT2D eigenvalue weighted by atomic mass is 32.1.